The first kappa shape index (κ1) is 19.3. The fourth-order valence-electron chi connectivity index (χ4n) is 3.98. The number of carbonyl (C=O) groups is 1. The lowest BCUT2D eigenvalue weighted by Crippen LogP contribution is -2.47. The van der Waals surface area contributed by atoms with Gasteiger partial charge in [0.25, 0.3) is 0 Å². The topological polar surface area (TPSA) is 66.5 Å². The molecule has 7 heteroatoms. The Morgan fingerprint density at radius 1 is 1.12 bits per heavy atom. The predicted molar refractivity (Wildman–Crippen MR) is 97.4 cm³/mol. The zero-order valence-electron chi connectivity index (χ0n) is 15.2. The van der Waals surface area contributed by atoms with Crippen LogP contribution in [0.15, 0.2) is 29.2 Å². The summed E-state index contributed by atoms with van der Waals surface area (Å²) in [5.74, 6) is -0.379. The second-order valence-corrected chi connectivity index (χ2v) is 9.39. The monoisotopic (exact) mass is 382 g/mol. The summed E-state index contributed by atoms with van der Waals surface area (Å²) in [6.07, 6.45) is 5.48. The molecule has 0 radical (unpaired) electrons. The van der Waals surface area contributed by atoms with Crippen molar-refractivity contribution in [2.75, 3.05) is 13.1 Å². The van der Waals surface area contributed by atoms with Gasteiger partial charge in [-0.2, -0.15) is 4.31 Å². The lowest BCUT2D eigenvalue weighted by molar-refractivity contribution is -0.127. The van der Waals surface area contributed by atoms with Gasteiger partial charge < -0.3 is 5.32 Å². The maximum atomic E-state index is 13.9. The van der Waals surface area contributed by atoms with Crippen molar-refractivity contribution in [1.82, 2.24) is 9.62 Å². The maximum absolute atomic E-state index is 13.9. The molecule has 1 amide bonds. The summed E-state index contributed by atoms with van der Waals surface area (Å²) in [6, 6.07) is 5.65. The third-order valence-corrected chi connectivity index (χ3v) is 7.65. The van der Waals surface area contributed by atoms with Crippen molar-refractivity contribution >= 4 is 15.9 Å². The third-order valence-electron chi connectivity index (χ3n) is 5.72. The van der Waals surface area contributed by atoms with Crippen LogP contribution in [0.5, 0.6) is 0 Å². The first-order valence-corrected chi connectivity index (χ1v) is 10.9. The Morgan fingerprint density at radius 3 is 2.42 bits per heavy atom. The van der Waals surface area contributed by atoms with Crippen LogP contribution in [-0.4, -0.2) is 37.8 Å². The molecule has 1 saturated carbocycles. The number of sulfonamides is 1. The van der Waals surface area contributed by atoms with Gasteiger partial charge >= 0.3 is 0 Å². The quantitative estimate of drug-likeness (QED) is 0.871. The third kappa shape index (κ3) is 4.09. The lowest BCUT2D eigenvalue weighted by Gasteiger charge is -2.34. The van der Waals surface area contributed by atoms with Gasteiger partial charge in [0.2, 0.25) is 15.9 Å². The summed E-state index contributed by atoms with van der Waals surface area (Å²) in [5.41, 5.74) is 0. The number of benzene rings is 1. The van der Waals surface area contributed by atoms with Crippen LogP contribution < -0.4 is 5.32 Å². The maximum Gasteiger partial charge on any atom is 0.245 e. The number of rotatable bonds is 4. The number of piperidine rings is 1. The molecule has 144 valence electrons. The molecule has 0 spiro atoms. The Hall–Kier alpha value is -1.47. The highest BCUT2D eigenvalue weighted by Crippen LogP contribution is 2.27. The van der Waals surface area contributed by atoms with E-state index in [9.17, 15) is 17.6 Å². The Kier molecular flexibility index (Phi) is 5.97. The summed E-state index contributed by atoms with van der Waals surface area (Å²) < 4.78 is 40.4. The molecule has 2 atom stereocenters. The van der Waals surface area contributed by atoms with Crippen molar-refractivity contribution in [1.29, 1.82) is 0 Å². The summed E-state index contributed by atoms with van der Waals surface area (Å²) in [6.45, 7) is 2.66. The molecule has 1 heterocycles. The molecule has 3 rings (SSSR count). The Bertz CT molecular complexity index is 745. The standard InChI is InChI=1S/C19H27FN2O3S/c1-14-6-2-4-8-17(14)21-19(23)15-10-12-22(13-11-15)26(24,25)18-9-5-3-7-16(18)20/h3,5,7,9,14-15,17H,2,4,6,8,10-13H2,1H3,(H,21,23). The van der Waals surface area contributed by atoms with Crippen LogP contribution in [0.1, 0.15) is 45.4 Å². The molecule has 1 aromatic carbocycles. The molecule has 1 aliphatic carbocycles. The van der Waals surface area contributed by atoms with E-state index in [2.05, 4.69) is 12.2 Å². The number of hydrogen-bond acceptors (Lipinski definition) is 3. The van der Waals surface area contributed by atoms with Crippen molar-refractivity contribution in [2.45, 2.75) is 56.4 Å². The van der Waals surface area contributed by atoms with E-state index in [0.29, 0.717) is 18.8 Å². The van der Waals surface area contributed by atoms with Crippen molar-refractivity contribution in [3.63, 3.8) is 0 Å². The highest BCUT2D eigenvalue weighted by atomic mass is 32.2. The molecular formula is C19H27FN2O3S. The molecule has 26 heavy (non-hydrogen) atoms. The normalized spacial score (nSPS) is 25.8. The van der Waals surface area contributed by atoms with Crippen LogP contribution in [0.2, 0.25) is 0 Å². The molecule has 0 bridgehead atoms. The van der Waals surface area contributed by atoms with Gasteiger partial charge in [-0.3, -0.25) is 4.79 Å². The van der Waals surface area contributed by atoms with E-state index in [0.717, 1.165) is 25.3 Å². The van der Waals surface area contributed by atoms with Crippen LogP contribution >= 0.6 is 0 Å². The Labute approximate surface area is 155 Å². The number of amides is 1. The van der Waals surface area contributed by atoms with Gasteiger partial charge in [-0.25, -0.2) is 12.8 Å². The fraction of sp³-hybridized carbons (Fsp3) is 0.632. The van der Waals surface area contributed by atoms with Gasteiger partial charge in [-0.15, -0.1) is 0 Å². The molecular weight excluding hydrogens is 355 g/mol. The second kappa shape index (κ2) is 8.05. The van der Waals surface area contributed by atoms with Gasteiger partial charge in [0.15, 0.2) is 0 Å². The molecule has 1 N–H and O–H groups in total. The van der Waals surface area contributed by atoms with Crippen LogP contribution in [0.25, 0.3) is 0 Å². The Morgan fingerprint density at radius 2 is 1.77 bits per heavy atom. The minimum atomic E-state index is -3.85. The van der Waals surface area contributed by atoms with Gasteiger partial charge in [0.05, 0.1) is 0 Å². The first-order valence-electron chi connectivity index (χ1n) is 9.44. The highest BCUT2D eigenvalue weighted by molar-refractivity contribution is 7.89. The molecule has 2 unspecified atom stereocenters. The highest BCUT2D eigenvalue weighted by Gasteiger charge is 2.34. The average Bonchev–Trinajstić information content (AvgIpc) is 2.64. The number of nitrogens with zero attached hydrogens (tertiary/aromatic N) is 1. The van der Waals surface area contributed by atoms with E-state index in [1.165, 1.54) is 28.9 Å². The van der Waals surface area contributed by atoms with Crippen LogP contribution in [0, 0.1) is 17.7 Å². The summed E-state index contributed by atoms with van der Waals surface area (Å²) in [4.78, 5) is 12.3. The molecule has 1 saturated heterocycles. The number of hydrogen-bond donors (Lipinski definition) is 1. The van der Waals surface area contributed by atoms with E-state index in [1.54, 1.807) is 0 Å². The van der Waals surface area contributed by atoms with Crippen LogP contribution in [0.4, 0.5) is 4.39 Å². The second-order valence-electron chi connectivity index (χ2n) is 7.49. The summed E-state index contributed by atoms with van der Waals surface area (Å²) in [7, 11) is -3.85. The smallest absolute Gasteiger partial charge is 0.245 e. The van der Waals surface area contributed by atoms with Gasteiger partial charge in [-0.1, -0.05) is 31.9 Å². The minimum absolute atomic E-state index is 0.0340. The molecule has 0 aromatic heterocycles. The summed E-state index contributed by atoms with van der Waals surface area (Å²) >= 11 is 0. The fourth-order valence-corrected chi connectivity index (χ4v) is 5.52. The number of carbonyl (C=O) groups excluding carboxylic acids is 1. The van der Waals surface area contributed by atoms with Crippen molar-refractivity contribution in [3.05, 3.63) is 30.1 Å². The van der Waals surface area contributed by atoms with E-state index >= 15 is 0 Å². The Balaban J connectivity index is 1.58. The molecule has 2 fully saturated rings. The first-order chi connectivity index (χ1) is 12.4. The predicted octanol–water partition coefficient (Wildman–Crippen LogP) is 2.92. The number of nitrogens with one attached hydrogen (secondary N) is 1. The van der Waals surface area contributed by atoms with E-state index < -0.39 is 15.8 Å². The van der Waals surface area contributed by atoms with Crippen molar-refractivity contribution < 1.29 is 17.6 Å². The van der Waals surface area contributed by atoms with Crippen LogP contribution in [0.3, 0.4) is 0 Å². The SMILES string of the molecule is CC1CCCCC1NC(=O)C1CCN(S(=O)(=O)c2ccccc2F)CC1. The van der Waals surface area contributed by atoms with Gasteiger partial charge in [0.1, 0.15) is 10.7 Å². The molecule has 1 aliphatic heterocycles. The van der Waals surface area contributed by atoms with E-state index in [1.807, 2.05) is 0 Å². The minimum Gasteiger partial charge on any atom is -0.353 e. The van der Waals surface area contributed by atoms with Gasteiger partial charge in [-0.05, 0) is 43.7 Å². The van der Waals surface area contributed by atoms with Crippen molar-refractivity contribution in [3.8, 4) is 0 Å². The molecule has 5 nitrogen and oxygen atoms in total. The molecule has 1 aromatic rings. The zero-order valence-corrected chi connectivity index (χ0v) is 16.0. The average molecular weight is 383 g/mol. The summed E-state index contributed by atoms with van der Waals surface area (Å²) in [5, 5.41) is 3.17. The largest absolute Gasteiger partial charge is 0.353 e. The molecule has 2 aliphatic rings. The zero-order chi connectivity index (χ0) is 18.7. The van der Waals surface area contributed by atoms with Gasteiger partial charge in [0, 0.05) is 25.0 Å². The lowest BCUT2D eigenvalue weighted by atomic mass is 9.85. The van der Waals surface area contributed by atoms with E-state index in [4.69, 9.17) is 0 Å². The van der Waals surface area contributed by atoms with Crippen LogP contribution in [-0.2, 0) is 14.8 Å². The number of halogens is 1. The van der Waals surface area contributed by atoms with Crippen molar-refractivity contribution in [2.24, 2.45) is 11.8 Å². The van der Waals surface area contributed by atoms with E-state index in [-0.39, 0.29) is 35.9 Å².